The van der Waals surface area contributed by atoms with Crippen LogP contribution in [0.1, 0.15) is 16.1 Å². The first kappa shape index (κ1) is 15.2. The number of nitrogens with zero attached hydrogens (tertiary/aromatic N) is 2. The molecule has 1 amide bonds. The normalized spacial score (nSPS) is 10.3. The summed E-state index contributed by atoms with van der Waals surface area (Å²) in [6, 6.07) is 3.99. The Kier molecular flexibility index (Phi) is 4.37. The lowest BCUT2D eigenvalue weighted by molar-refractivity contribution is 0.102. The van der Waals surface area contributed by atoms with Crippen LogP contribution in [0.5, 0.6) is 5.88 Å². The number of methoxy groups -OCH3 is 1. The molecule has 0 aliphatic rings. The number of halogens is 2. The third kappa shape index (κ3) is 3.46. The van der Waals surface area contributed by atoms with Crippen LogP contribution >= 0.6 is 15.9 Å². The number of ether oxygens (including phenoxy) is 1. The number of aromatic nitrogens is 2. The molecule has 1 aromatic heterocycles. The highest BCUT2D eigenvalue weighted by molar-refractivity contribution is 9.10. The first-order chi connectivity index (χ1) is 9.90. The molecule has 8 heteroatoms. The Labute approximate surface area is 128 Å². The van der Waals surface area contributed by atoms with Gasteiger partial charge in [-0.05, 0) is 35.0 Å². The largest absolute Gasteiger partial charge is 0.481 e. The SMILES string of the molecule is COc1cc(C)nc(NC(=O)c2cc(N)c(F)cc2Br)n1. The zero-order chi connectivity index (χ0) is 15.6. The lowest BCUT2D eigenvalue weighted by Crippen LogP contribution is -2.16. The zero-order valence-corrected chi connectivity index (χ0v) is 12.9. The Balaban J connectivity index is 2.30. The van der Waals surface area contributed by atoms with Crippen molar-refractivity contribution in [2.45, 2.75) is 6.92 Å². The number of aryl methyl sites for hydroxylation is 1. The van der Waals surface area contributed by atoms with Crippen molar-refractivity contribution in [3.05, 3.63) is 39.7 Å². The third-order valence-electron chi connectivity index (χ3n) is 2.60. The molecule has 0 aliphatic carbocycles. The van der Waals surface area contributed by atoms with E-state index in [1.54, 1.807) is 13.0 Å². The van der Waals surface area contributed by atoms with Gasteiger partial charge >= 0.3 is 0 Å². The fraction of sp³-hybridized carbons (Fsp3) is 0.154. The maximum Gasteiger partial charge on any atom is 0.259 e. The Morgan fingerprint density at radius 2 is 2.10 bits per heavy atom. The van der Waals surface area contributed by atoms with Gasteiger partial charge in [0.25, 0.3) is 5.91 Å². The number of hydrogen-bond donors (Lipinski definition) is 2. The molecule has 0 saturated heterocycles. The Hall–Kier alpha value is -2.22. The van der Waals surface area contributed by atoms with Gasteiger partial charge in [-0.2, -0.15) is 4.98 Å². The van der Waals surface area contributed by atoms with Gasteiger partial charge in [-0.3, -0.25) is 10.1 Å². The van der Waals surface area contributed by atoms with Crippen LogP contribution in [-0.4, -0.2) is 23.0 Å². The van der Waals surface area contributed by atoms with Crippen molar-refractivity contribution in [1.29, 1.82) is 0 Å². The van der Waals surface area contributed by atoms with Gasteiger partial charge in [0, 0.05) is 16.2 Å². The standard InChI is InChI=1S/C13H12BrFN4O2/c1-6-3-11(21-2)18-13(17-6)19-12(20)7-4-10(16)9(15)5-8(7)14/h3-5H,16H2,1-2H3,(H,17,18,19,20). The summed E-state index contributed by atoms with van der Waals surface area (Å²) in [7, 11) is 1.46. The summed E-state index contributed by atoms with van der Waals surface area (Å²) in [5, 5.41) is 2.51. The fourth-order valence-electron chi connectivity index (χ4n) is 1.61. The van der Waals surface area contributed by atoms with E-state index in [2.05, 4.69) is 31.2 Å². The van der Waals surface area contributed by atoms with Crippen LogP contribution in [0, 0.1) is 12.7 Å². The maximum absolute atomic E-state index is 13.3. The zero-order valence-electron chi connectivity index (χ0n) is 11.3. The van der Waals surface area contributed by atoms with Gasteiger partial charge in [0.15, 0.2) is 0 Å². The molecule has 3 N–H and O–H groups in total. The predicted octanol–water partition coefficient (Wildman–Crippen LogP) is 2.53. The Bertz CT molecular complexity index is 709. The van der Waals surface area contributed by atoms with E-state index in [1.807, 2.05) is 0 Å². The fourth-order valence-corrected chi connectivity index (χ4v) is 2.10. The molecular weight excluding hydrogens is 343 g/mol. The first-order valence-corrected chi connectivity index (χ1v) is 6.65. The van der Waals surface area contributed by atoms with Crippen LogP contribution < -0.4 is 15.8 Å². The average Bonchev–Trinajstić information content (AvgIpc) is 2.42. The van der Waals surface area contributed by atoms with Crippen LogP contribution in [0.2, 0.25) is 0 Å². The number of amides is 1. The van der Waals surface area contributed by atoms with Crippen molar-refractivity contribution in [2.75, 3.05) is 18.2 Å². The highest BCUT2D eigenvalue weighted by Crippen LogP contribution is 2.23. The van der Waals surface area contributed by atoms with Gasteiger partial charge in [-0.15, -0.1) is 0 Å². The molecule has 2 aromatic rings. The summed E-state index contributed by atoms with van der Waals surface area (Å²) in [5.74, 6) is -0.699. The molecule has 1 aromatic carbocycles. The van der Waals surface area contributed by atoms with Crippen LogP contribution in [-0.2, 0) is 0 Å². The molecule has 0 saturated carbocycles. The van der Waals surface area contributed by atoms with E-state index in [4.69, 9.17) is 10.5 Å². The summed E-state index contributed by atoms with van der Waals surface area (Å²) in [6.45, 7) is 1.74. The number of anilines is 2. The molecule has 0 fully saturated rings. The van der Waals surface area contributed by atoms with Crippen molar-refractivity contribution < 1.29 is 13.9 Å². The smallest absolute Gasteiger partial charge is 0.259 e. The van der Waals surface area contributed by atoms with Gasteiger partial charge in [0.2, 0.25) is 11.8 Å². The molecule has 110 valence electrons. The van der Waals surface area contributed by atoms with E-state index in [9.17, 15) is 9.18 Å². The van der Waals surface area contributed by atoms with Crippen molar-refractivity contribution >= 4 is 33.5 Å². The highest BCUT2D eigenvalue weighted by atomic mass is 79.9. The van der Waals surface area contributed by atoms with Gasteiger partial charge in [-0.1, -0.05) is 0 Å². The molecule has 0 aliphatic heterocycles. The van der Waals surface area contributed by atoms with E-state index in [0.717, 1.165) is 6.07 Å². The number of nitrogen functional groups attached to an aromatic ring is 1. The van der Waals surface area contributed by atoms with Gasteiger partial charge in [0.1, 0.15) is 5.82 Å². The second-order valence-corrected chi connectivity index (χ2v) is 5.04. The quantitative estimate of drug-likeness (QED) is 0.826. The predicted molar refractivity (Wildman–Crippen MR) is 79.8 cm³/mol. The Morgan fingerprint density at radius 3 is 2.76 bits per heavy atom. The molecule has 21 heavy (non-hydrogen) atoms. The van der Waals surface area contributed by atoms with E-state index in [0.29, 0.717) is 11.6 Å². The van der Waals surface area contributed by atoms with Gasteiger partial charge in [-0.25, -0.2) is 9.37 Å². The van der Waals surface area contributed by atoms with E-state index < -0.39 is 11.7 Å². The van der Waals surface area contributed by atoms with Crippen molar-refractivity contribution in [1.82, 2.24) is 9.97 Å². The molecule has 0 atom stereocenters. The molecule has 0 spiro atoms. The van der Waals surface area contributed by atoms with Crippen LogP contribution in [0.25, 0.3) is 0 Å². The molecule has 0 bridgehead atoms. The number of carbonyl (C=O) groups is 1. The van der Waals surface area contributed by atoms with Crippen LogP contribution in [0.15, 0.2) is 22.7 Å². The van der Waals surface area contributed by atoms with Crippen molar-refractivity contribution in [2.24, 2.45) is 0 Å². The number of rotatable bonds is 3. The molecule has 0 unspecified atom stereocenters. The second-order valence-electron chi connectivity index (χ2n) is 4.18. The molecular formula is C13H12BrFN4O2. The van der Waals surface area contributed by atoms with E-state index in [1.165, 1.54) is 13.2 Å². The topological polar surface area (TPSA) is 90.1 Å². The van der Waals surface area contributed by atoms with Crippen LogP contribution in [0.4, 0.5) is 16.0 Å². The average molecular weight is 355 g/mol. The molecule has 0 radical (unpaired) electrons. The van der Waals surface area contributed by atoms with E-state index in [-0.39, 0.29) is 21.7 Å². The molecule has 2 rings (SSSR count). The third-order valence-corrected chi connectivity index (χ3v) is 3.25. The molecule has 6 nitrogen and oxygen atoms in total. The summed E-state index contributed by atoms with van der Waals surface area (Å²) in [4.78, 5) is 20.2. The minimum atomic E-state index is -0.605. The number of nitrogens with two attached hydrogens (primary N) is 1. The second kappa shape index (κ2) is 6.04. The van der Waals surface area contributed by atoms with Crippen molar-refractivity contribution in [3.8, 4) is 5.88 Å². The highest BCUT2D eigenvalue weighted by Gasteiger charge is 2.15. The molecule has 1 heterocycles. The monoisotopic (exact) mass is 354 g/mol. The maximum atomic E-state index is 13.3. The Morgan fingerprint density at radius 1 is 1.38 bits per heavy atom. The minimum absolute atomic E-state index is 0.0895. The minimum Gasteiger partial charge on any atom is -0.481 e. The van der Waals surface area contributed by atoms with Gasteiger partial charge < -0.3 is 10.5 Å². The van der Waals surface area contributed by atoms with Gasteiger partial charge in [0.05, 0.1) is 18.4 Å². The van der Waals surface area contributed by atoms with Crippen molar-refractivity contribution in [3.63, 3.8) is 0 Å². The first-order valence-electron chi connectivity index (χ1n) is 5.86. The summed E-state index contributed by atoms with van der Waals surface area (Å²) < 4.78 is 18.6. The number of carbonyl (C=O) groups excluding carboxylic acids is 1. The summed E-state index contributed by atoms with van der Waals surface area (Å²) >= 11 is 3.12. The lowest BCUT2D eigenvalue weighted by Gasteiger charge is -2.09. The van der Waals surface area contributed by atoms with E-state index >= 15 is 0 Å². The number of benzene rings is 1. The summed E-state index contributed by atoms with van der Waals surface area (Å²) in [5.41, 5.74) is 6.16. The summed E-state index contributed by atoms with van der Waals surface area (Å²) in [6.07, 6.45) is 0. The number of hydrogen-bond acceptors (Lipinski definition) is 5. The lowest BCUT2D eigenvalue weighted by atomic mass is 10.2. The number of nitrogens with one attached hydrogen (secondary N) is 1. The van der Waals surface area contributed by atoms with Crippen LogP contribution in [0.3, 0.4) is 0 Å².